The maximum Gasteiger partial charge on any atom is 0.224 e. The molecule has 2 saturated heterocycles. The highest BCUT2D eigenvalue weighted by Gasteiger charge is 2.43. The molecule has 0 N–H and O–H groups in total. The fourth-order valence-electron chi connectivity index (χ4n) is 3.59. The van der Waals surface area contributed by atoms with Crippen LogP contribution in [0.25, 0.3) is 0 Å². The maximum atomic E-state index is 6.16. The van der Waals surface area contributed by atoms with Gasteiger partial charge in [0.1, 0.15) is 11.4 Å². The van der Waals surface area contributed by atoms with E-state index in [9.17, 15) is 0 Å². The zero-order valence-electron chi connectivity index (χ0n) is 11.7. The van der Waals surface area contributed by atoms with Crippen LogP contribution in [0.1, 0.15) is 37.9 Å². The van der Waals surface area contributed by atoms with Crippen LogP contribution < -0.4 is 4.90 Å². The fourth-order valence-corrected chi connectivity index (χ4v) is 3.75. The first kappa shape index (κ1) is 12.8. The summed E-state index contributed by atoms with van der Waals surface area (Å²) in [6.07, 6.45) is 2.32. The van der Waals surface area contributed by atoms with Crippen LogP contribution in [0.5, 0.6) is 0 Å². The first-order valence-electron chi connectivity index (χ1n) is 7.13. The van der Waals surface area contributed by atoms with E-state index in [1.54, 1.807) is 0 Å². The van der Waals surface area contributed by atoms with Crippen molar-refractivity contribution in [3.8, 4) is 0 Å². The van der Waals surface area contributed by atoms with Gasteiger partial charge in [0.05, 0.1) is 37.6 Å². The zero-order valence-corrected chi connectivity index (χ0v) is 12.5. The summed E-state index contributed by atoms with van der Waals surface area (Å²) in [5.74, 6) is 0.960. The number of hydrogen-bond acceptors (Lipinski definition) is 5. The van der Waals surface area contributed by atoms with Gasteiger partial charge in [-0.2, -0.15) is 0 Å². The van der Waals surface area contributed by atoms with E-state index in [1.165, 1.54) is 0 Å². The minimum atomic E-state index is -0.387. The summed E-state index contributed by atoms with van der Waals surface area (Å²) in [5.41, 5.74) is 1.64. The largest absolute Gasteiger partial charge is 0.377 e. The maximum absolute atomic E-state index is 6.16. The molecule has 5 nitrogen and oxygen atoms in total. The molecule has 3 aliphatic rings. The molecule has 2 fully saturated rings. The van der Waals surface area contributed by atoms with Crippen LogP contribution in [0.15, 0.2) is 0 Å². The van der Waals surface area contributed by atoms with Gasteiger partial charge in [0.2, 0.25) is 5.28 Å². The Bertz CT molecular complexity index is 548. The van der Waals surface area contributed by atoms with E-state index in [2.05, 4.69) is 14.9 Å². The topological polar surface area (TPSA) is 47.5 Å². The lowest BCUT2D eigenvalue weighted by atomic mass is 10.0. The third-order valence-corrected chi connectivity index (χ3v) is 4.76. The van der Waals surface area contributed by atoms with E-state index in [0.29, 0.717) is 24.0 Å². The number of anilines is 1. The Morgan fingerprint density at radius 2 is 1.90 bits per heavy atom. The Labute approximate surface area is 123 Å². The van der Waals surface area contributed by atoms with Gasteiger partial charge in [-0.15, -0.1) is 0 Å². The number of ether oxygens (including phenoxy) is 2. The molecule has 2 bridgehead atoms. The first-order chi connectivity index (χ1) is 9.56. The highest BCUT2D eigenvalue weighted by Crippen LogP contribution is 2.42. The Balaban J connectivity index is 1.83. The van der Waals surface area contributed by atoms with Crippen LogP contribution in [0.3, 0.4) is 0 Å². The van der Waals surface area contributed by atoms with Crippen LogP contribution in [-0.4, -0.2) is 35.3 Å². The van der Waals surface area contributed by atoms with Gasteiger partial charge in [-0.05, 0) is 38.3 Å². The first-order valence-corrected chi connectivity index (χ1v) is 7.51. The van der Waals surface area contributed by atoms with Gasteiger partial charge in [-0.25, -0.2) is 9.97 Å². The molecule has 20 heavy (non-hydrogen) atoms. The average molecular weight is 296 g/mol. The van der Waals surface area contributed by atoms with Crippen molar-refractivity contribution in [3.05, 3.63) is 16.5 Å². The molecule has 1 aromatic rings. The van der Waals surface area contributed by atoms with Crippen molar-refractivity contribution in [1.29, 1.82) is 0 Å². The van der Waals surface area contributed by atoms with Crippen molar-refractivity contribution in [2.75, 3.05) is 18.1 Å². The van der Waals surface area contributed by atoms with Crippen molar-refractivity contribution in [3.63, 3.8) is 0 Å². The predicted octanol–water partition coefficient (Wildman–Crippen LogP) is 2.26. The summed E-state index contributed by atoms with van der Waals surface area (Å²) in [7, 11) is 0. The molecule has 2 atom stereocenters. The Morgan fingerprint density at radius 3 is 2.60 bits per heavy atom. The smallest absolute Gasteiger partial charge is 0.224 e. The van der Waals surface area contributed by atoms with Gasteiger partial charge in [0.25, 0.3) is 0 Å². The molecule has 3 aliphatic heterocycles. The quantitative estimate of drug-likeness (QED) is 0.744. The second-order valence-corrected chi connectivity index (χ2v) is 6.61. The molecule has 4 rings (SSSR count). The molecule has 0 aliphatic carbocycles. The van der Waals surface area contributed by atoms with Gasteiger partial charge in [-0.1, -0.05) is 0 Å². The molecule has 0 amide bonds. The Morgan fingerprint density at radius 1 is 1.20 bits per heavy atom. The van der Waals surface area contributed by atoms with Crippen LogP contribution in [0.2, 0.25) is 5.28 Å². The van der Waals surface area contributed by atoms with Crippen molar-refractivity contribution < 1.29 is 9.47 Å². The molecular formula is C14H18ClN3O2. The standard InChI is InChI=1S/C14H18ClN3O2/c1-14(2)11-10(7-20-14)12(17-13(15)16-11)18-8-3-4-9(18)6-19-5-8/h8-9H,3-7H2,1-2H3. The summed E-state index contributed by atoms with van der Waals surface area (Å²) in [4.78, 5) is 11.3. The number of fused-ring (bicyclic) bond motifs is 3. The number of nitrogens with zero attached hydrogens (tertiary/aromatic N) is 3. The molecule has 6 heteroatoms. The summed E-state index contributed by atoms with van der Waals surface area (Å²) in [6, 6.07) is 0.819. The van der Waals surface area contributed by atoms with E-state index >= 15 is 0 Å². The van der Waals surface area contributed by atoms with Gasteiger partial charge in [0, 0.05) is 5.56 Å². The van der Waals surface area contributed by atoms with Crippen molar-refractivity contribution in [1.82, 2.24) is 9.97 Å². The summed E-state index contributed by atoms with van der Waals surface area (Å²) in [6.45, 7) is 6.17. The lowest BCUT2D eigenvalue weighted by Gasteiger charge is -2.36. The molecule has 0 spiro atoms. The van der Waals surface area contributed by atoms with Crippen LogP contribution in [-0.2, 0) is 21.7 Å². The number of aromatic nitrogens is 2. The monoisotopic (exact) mass is 295 g/mol. The lowest BCUT2D eigenvalue weighted by molar-refractivity contribution is -0.0101. The zero-order chi connectivity index (χ0) is 13.9. The third kappa shape index (κ3) is 1.76. The predicted molar refractivity (Wildman–Crippen MR) is 75.0 cm³/mol. The second-order valence-electron chi connectivity index (χ2n) is 6.27. The van der Waals surface area contributed by atoms with Gasteiger partial charge >= 0.3 is 0 Å². The number of rotatable bonds is 1. The van der Waals surface area contributed by atoms with Gasteiger partial charge < -0.3 is 14.4 Å². The van der Waals surface area contributed by atoms with E-state index in [1.807, 2.05) is 13.8 Å². The minimum Gasteiger partial charge on any atom is -0.377 e. The molecular weight excluding hydrogens is 278 g/mol. The average Bonchev–Trinajstić information content (AvgIpc) is 2.83. The lowest BCUT2D eigenvalue weighted by Crippen LogP contribution is -2.47. The van der Waals surface area contributed by atoms with E-state index < -0.39 is 0 Å². The fraction of sp³-hybridized carbons (Fsp3) is 0.714. The van der Waals surface area contributed by atoms with Crippen molar-refractivity contribution in [2.24, 2.45) is 0 Å². The molecule has 0 radical (unpaired) electrons. The number of halogens is 1. The highest BCUT2D eigenvalue weighted by molar-refractivity contribution is 6.28. The van der Waals surface area contributed by atoms with Gasteiger partial charge in [0.15, 0.2) is 0 Å². The van der Waals surface area contributed by atoms with Crippen molar-refractivity contribution >= 4 is 17.4 Å². The highest BCUT2D eigenvalue weighted by atomic mass is 35.5. The molecule has 108 valence electrons. The molecule has 1 aromatic heterocycles. The van der Waals surface area contributed by atoms with Crippen LogP contribution in [0.4, 0.5) is 5.82 Å². The normalized spacial score (nSPS) is 30.6. The summed E-state index contributed by atoms with van der Waals surface area (Å²) in [5, 5.41) is 0.309. The van der Waals surface area contributed by atoms with Gasteiger partial charge in [-0.3, -0.25) is 0 Å². The third-order valence-electron chi connectivity index (χ3n) is 4.59. The Kier molecular flexibility index (Phi) is 2.75. The molecule has 4 heterocycles. The van der Waals surface area contributed by atoms with Crippen molar-refractivity contribution in [2.45, 2.75) is 51.0 Å². The summed E-state index contributed by atoms with van der Waals surface area (Å²) >= 11 is 6.16. The number of hydrogen-bond donors (Lipinski definition) is 0. The van der Waals surface area contributed by atoms with Crippen LogP contribution >= 0.6 is 11.6 Å². The van der Waals surface area contributed by atoms with Crippen LogP contribution in [0, 0.1) is 0 Å². The molecule has 0 aromatic carbocycles. The SMILES string of the molecule is CC1(C)OCc2c(N3C4CCC3COC4)nc(Cl)nc21. The Hall–Kier alpha value is -0.910. The minimum absolute atomic E-state index is 0.309. The number of morpholine rings is 1. The molecule has 0 saturated carbocycles. The van der Waals surface area contributed by atoms with E-state index in [4.69, 9.17) is 21.1 Å². The van der Waals surface area contributed by atoms with E-state index in [-0.39, 0.29) is 5.60 Å². The summed E-state index contributed by atoms with van der Waals surface area (Å²) < 4.78 is 11.5. The second kappa shape index (κ2) is 4.29. The van der Waals surface area contributed by atoms with E-state index in [0.717, 1.165) is 43.1 Å². The molecule has 2 unspecified atom stereocenters.